The van der Waals surface area contributed by atoms with Gasteiger partial charge in [-0.05, 0) is 30.5 Å². The molecule has 0 spiro atoms. The molecule has 0 aromatic heterocycles. The van der Waals surface area contributed by atoms with Crippen molar-refractivity contribution >= 4 is 0 Å². The Bertz CT molecular complexity index is 363. The molecule has 0 bridgehead atoms. The molecule has 0 amide bonds. The minimum Gasteiger partial charge on any atom is -0.396 e. The molecule has 1 aromatic rings. The van der Waals surface area contributed by atoms with Gasteiger partial charge in [-0.25, -0.2) is 0 Å². The summed E-state index contributed by atoms with van der Waals surface area (Å²) in [5, 5.41) is 8.69. The van der Waals surface area contributed by atoms with E-state index in [1.165, 1.54) is 19.1 Å². The molecule has 0 saturated carbocycles. The SMILES string of the molecule is Cc1cc([C@H](N)CCO)ccc1C(F)(F)F. The molecule has 0 aliphatic heterocycles. The van der Waals surface area contributed by atoms with Crippen molar-refractivity contribution in [3.63, 3.8) is 0 Å². The van der Waals surface area contributed by atoms with Gasteiger partial charge in [0.05, 0.1) is 5.56 Å². The number of aryl methyl sites for hydroxylation is 1. The summed E-state index contributed by atoms with van der Waals surface area (Å²) in [6.45, 7) is 1.32. The van der Waals surface area contributed by atoms with Crippen molar-refractivity contribution in [1.29, 1.82) is 0 Å². The Balaban J connectivity index is 3.00. The third-order valence-corrected chi connectivity index (χ3v) is 2.42. The summed E-state index contributed by atoms with van der Waals surface area (Å²) in [4.78, 5) is 0. The van der Waals surface area contributed by atoms with E-state index in [4.69, 9.17) is 10.8 Å². The van der Waals surface area contributed by atoms with E-state index in [1.54, 1.807) is 0 Å². The fourth-order valence-corrected chi connectivity index (χ4v) is 1.54. The van der Waals surface area contributed by atoms with E-state index in [2.05, 4.69) is 0 Å². The first-order valence-electron chi connectivity index (χ1n) is 4.90. The van der Waals surface area contributed by atoms with Gasteiger partial charge in [-0.2, -0.15) is 13.2 Å². The molecule has 0 aliphatic carbocycles. The fraction of sp³-hybridized carbons (Fsp3) is 0.455. The van der Waals surface area contributed by atoms with Gasteiger partial charge >= 0.3 is 6.18 Å². The first-order chi connectivity index (χ1) is 7.36. The van der Waals surface area contributed by atoms with Gasteiger partial charge in [0, 0.05) is 12.6 Å². The summed E-state index contributed by atoms with van der Waals surface area (Å²) < 4.78 is 37.4. The van der Waals surface area contributed by atoms with Gasteiger partial charge in [0.1, 0.15) is 0 Å². The summed E-state index contributed by atoms with van der Waals surface area (Å²) in [7, 11) is 0. The van der Waals surface area contributed by atoms with Crippen LogP contribution in [-0.4, -0.2) is 11.7 Å². The van der Waals surface area contributed by atoms with Crippen LogP contribution in [0.25, 0.3) is 0 Å². The van der Waals surface area contributed by atoms with Gasteiger partial charge in [0.2, 0.25) is 0 Å². The maximum Gasteiger partial charge on any atom is 0.416 e. The van der Waals surface area contributed by atoms with Crippen LogP contribution in [0.2, 0.25) is 0 Å². The average Bonchev–Trinajstić information content (AvgIpc) is 2.16. The zero-order valence-corrected chi connectivity index (χ0v) is 8.88. The number of benzene rings is 1. The number of rotatable bonds is 3. The Morgan fingerprint density at radius 1 is 1.38 bits per heavy atom. The summed E-state index contributed by atoms with van der Waals surface area (Å²) in [6, 6.07) is 3.38. The molecule has 3 N–H and O–H groups in total. The third kappa shape index (κ3) is 2.96. The topological polar surface area (TPSA) is 46.2 Å². The molecule has 0 saturated heterocycles. The van der Waals surface area contributed by atoms with Gasteiger partial charge in [-0.3, -0.25) is 0 Å². The second kappa shape index (κ2) is 4.84. The van der Waals surface area contributed by atoms with Crippen LogP contribution in [0.1, 0.15) is 29.2 Å². The number of nitrogens with two attached hydrogens (primary N) is 1. The van der Waals surface area contributed by atoms with E-state index in [9.17, 15) is 13.2 Å². The van der Waals surface area contributed by atoms with Crippen molar-refractivity contribution < 1.29 is 18.3 Å². The second-order valence-corrected chi connectivity index (χ2v) is 3.69. The molecule has 0 fully saturated rings. The summed E-state index contributed by atoms with van der Waals surface area (Å²) in [5.41, 5.74) is 5.81. The molecule has 90 valence electrons. The monoisotopic (exact) mass is 233 g/mol. The van der Waals surface area contributed by atoms with Crippen LogP contribution >= 0.6 is 0 Å². The highest BCUT2D eigenvalue weighted by atomic mass is 19.4. The molecular formula is C11H14F3NO. The Morgan fingerprint density at radius 3 is 2.44 bits per heavy atom. The highest BCUT2D eigenvalue weighted by molar-refractivity contribution is 5.34. The third-order valence-electron chi connectivity index (χ3n) is 2.42. The number of aliphatic hydroxyl groups excluding tert-OH is 1. The first kappa shape index (κ1) is 13.0. The quantitative estimate of drug-likeness (QED) is 0.842. The van der Waals surface area contributed by atoms with Crippen molar-refractivity contribution in [2.75, 3.05) is 6.61 Å². The Morgan fingerprint density at radius 2 is 2.00 bits per heavy atom. The number of alkyl halides is 3. The summed E-state index contributed by atoms with van der Waals surface area (Å²) >= 11 is 0. The van der Waals surface area contributed by atoms with Gasteiger partial charge < -0.3 is 10.8 Å². The molecule has 1 rings (SSSR count). The van der Waals surface area contributed by atoms with Crippen molar-refractivity contribution in [3.8, 4) is 0 Å². The molecule has 0 radical (unpaired) electrons. The molecule has 2 nitrogen and oxygen atoms in total. The van der Waals surface area contributed by atoms with Crippen LogP contribution in [-0.2, 0) is 6.18 Å². The Kier molecular flexibility index (Phi) is 3.93. The Labute approximate surface area is 91.9 Å². The molecule has 0 unspecified atom stereocenters. The summed E-state index contributed by atoms with van der Waals surface area (Å²) in [5.74, 6) is 0. The zero-order chi connectivity index (χ0) is 12.3. The molecule has 1 aromatic carbocycles. The van der Waals surface area contributed by atoms with E-state index in [1.807, 2.05) is 0 Å². The molecule has 16 heavy (non-hydrogen) atoms. The number of hydrogen-bond donors (Lipinski definition) is 2. The Hall–Kier alpha value is -1.07. The molecular weight excluding hydrogens is 219 g/mol. The van der Waals surface area contributed by atoms with Gasteiger partial charge in [0.25, 0.3) is 0 Å². The maximum atomic E-state index is 12.5. The van der Waals surface area contributed by atoms with E-state index in [-0.39, 0.29) is 12.2 Å². The lowest BCUT2D eigenvalue weighted by molar-refractivity contribution is -0.138. The molecule has 1 atom stereocenters. The van der Waals surface area contributed by atoms with Crippen molar-refractivity contribution in [3.05, 3.63) is 34.9 Å². The highest BCUT2D eigenvalue weighted by Gasteiger charge is 2.32. The first-order valence-corrected chi connectivity index (χ1v) is 4.90. The van der Waals surface area contributed by atoms with E-state index >= 15 is 0 Å². The van der Waals surface area contributed by atoms with Crippen LogP contribution in [0.15, 0.2) is 18.2 Å². The maximum absolute atomic E-state index is 12.5. The zero-order valence-electron chi connectivity index (χ0n) is 8.88. The van der Waals surface area contributed by atoms with Crippen molar-refractivity contribution in [1.82, 2.24) is 0 Å². The minimum atomic E-state index is -4.33. The minimum absolute atomic E-state index is 0.0821. The van der Waals surface area contributed by atoms with Crippen molar-refractivity contribution in [2.45, 2.75) is 25.6 Å². The normalized spacial score (nSPS) is 13.9. The van der Waals surface area contributed by atoms with E-state index < -0.39 is 17.8 Å². The standard InChI is InChI=1S/C11H14F3NO/c1-7-6-8(10(15)4-5-16)2-3-9(7)11(12,13)14/h2-3,6,10,16H,4-5,15H2,1H3/t10-/m1/s1. The van der Waals surface area contributed by atoms with E-state index in [0.29, 0.717) is 12.0 Å². The van der Waals surface area contributed by atoms with Crippen LogP contribution < -0.4 is 5.73 Å². The smallest absolute Gasteiger partial charge is 0.396 e. The largest absolute Gasteiger partial charge is 0.416 e. The predicted octanol–water partition coefficient (Wildman–Crippen LogP) is 2.40. The molecule has 5 heteroatoms. The second-order valence-electron chi connectivity index (χ2n) is 3.69. The fourth-order valence-electron chi connectivity index (χ4n) is 1.54. The number of halogens is 3. The summed E-state index contributed by atoms with van der Waals surface area (Å²) in [6.07, 6.45) is -3.99. The van der Waals surface area contributed by atoms with Crippen LogP contribution in [0.5, 0.6) is 0 Å². The lowest BCUT2D eigenvalue weighted by Crippen LogP contribution is -2.14. The van der Waals surface area contributed by atoms with Crippen LogP contribution in [0, 0.1) is 6.92 Å². The van der Waals surface area contributed by atoms with Gasteiger partial charge in [-0.1, -0.05) is 12.1 Å². The van der Waals surface area contributed by atoms with Crippen LogP contribution in [0.4, 0.5) is 13.2 Å². The van der Waals surface area contributed by atoms with Crippen LogP contribution in [0.3, 0.4) is 0 Å². The van der Waals surface area contributed by atoms with Gasteiger partial charge in [-0.15, -0.1) is 0 Å². The van der Waals surface area contributed by atoms with Gasteiger partial charge in [0.15, 0.2) is 0 Å². The molecule has 0 aliphatic rings. The predicted molar refractivity (Wildman–Crippen MR) is 54.8 cm³/mol. The molecule has 0 heterocycles. The van der Waals surface area contributed by atoms with Crippen molar-refractivity contribution in [2.24, 2.45) is 5.73 Å². The highest BCUT2D eigenvalue weighted by Crippen LogP contribution is 2.32. The average molecular weight is 233 g/mol. The number of aliphatic hydroxyl groups is 1. The van der Waals surface area contributed by atoms with E-state index in [0.717, 1.165) is 6.07 Å². The number of hydrogen-bond acceptors (Lipinski definition) is 2. The lowest BCUT2D eigenvalue weighted by Gasteiger charge is -2.15. The lowest BCUT2D eigenvalue weighted by atomic mass is 9.99.